The summed E-state index contributed by atoms with van der Waals surface area (Å²) in [6.45, 7) is 2.73. The minimum atomic E-state index is -0.134. The van der Waals surface area contributed by atoms with Crippen LogP contribution in [0.2, 0.25) is 0 Å². The third-order valence-corrected chi connectivity index (χ3v) is 5.41. The molecule has 0 heterocycles. The van der Waals surface area contributed by atoms with E-state index in [2.05, 4.69) is 35.8 Å². The molecule has 1 aliphatic rings. The van der Waals surface area contributed by atoms with E-state index >= 15 is 0 Å². The van der Waals surface area contributed by atoms with E-state index in [1.165, 1.54) is 5.56 Å². The monoisotopic (exact) mass is 367 g/mol. The number of nitrogens with one attached hydrogen (secondary N) is 2. The first kappa shape index (κ1) is 19.2. The number of para-hydroxylation sites is 1. The van der Waals surface area contributed by atoms with Crippen molar-refractivity contribution >= 4 is 6.03 Å². The maximum Gasteiger partial charge on any atom is 0.315 e. The van der Waals surface area contributed by atoms with Crippen LogP contribution in [-0.2, 0) is 11.8 Å². The normalized spacial score (nSPS) is 22.0. The van der Waals surface area contributed by atoms with Gasteiger partial charge in [-0.2, -0.15) is 0 Å². The molecule has 1 fully saturated rings. The fourth-order valence-corrected chi connectivity index (χ4v) is 3.59. The maximum absolute atomic E-state index is 12.2. The van der Waals surface area contributed by atoms with Crippen molar-refractivity contribution in [3.05, 3.63) is 65.7 Å². The highest BCUT2D eigenvalue weighted by Crippen LogP contribution is 2.50. The van der Waals surface area contributed by atoms with Crippen LogP contribution >= 0.6 is 0 Å². The molecule has 0 aromatic heterocycles. The van der Waals surface area contributed by atoms with Crippen molar-refractivity contribution < 1.29 is 9.53 Å². The topological polar surface area (TPSA) is 76.4 Å². The van der Waals surface area contributed by atoms with Gasteiger partial charge in [-0.05, 0) is 30.9 Å². The Balaban J connectivity index is 1.41. The molecule has 0 radical (unpaired) electrons. The molecule has 144 valence electrons. The van der Waals surface area contributed by atoms with E-state index in [-0.39, 0.29) is 23.5 Å². The fourth-order valence-electron chi connectivity index (χ4n) is 3.59. The van der Waals surface area contributed by atoms with Gasteiger partial charge in [-0.25, -0.2) is 4.79 Å². The third kappa shape index (κ3) is 4.80. The summed E-state index contributed by atoms with van der Waals surface area (Å²) in [5, 5.41) is 6.00. The number of ether oxygens (including phenoxy) is 1. The number of amides is 2. The van der Waals surface area contributed by atoms with Gasteiger partial charge < -0.3 is 21.1 Å². The zero-order valence-electron chi connectivity index (χ0n) is 16.1. The van der Waals surface area contributed by atoms with Crippen LogP contribution in [0.5, 0.6) is 5.75 Å². The SMILES string of the molecule is COc1ccccc1C1(C)CC1NC(=O)NCCC(N)Cc1ccccc1. The van der Waals surface area contributed by atoms with Crippen LogP contribution in [0.4, 0.5) is 4.79 Å². The summed E-state index contributed by atoms with van der Waals surface area (Å²) in [5.41, 5.74) is 8.46. The van der Waals surface area contributed by atoms with Crippen LogP contribution in [0.3, 0.4) is 0 Å². The second-order valence-corrected chi connectivity index (χ2v) is 7.51. The van der Waals surface area contributed by atoms with Gasteiger partial charge in [-0.1, -0.05) is 55.5 Å². The van der Waals surface area contributed by atoms with Crippen molar-refractivity contribution in [2.24, 2.45) is 5.73 Å². The number of carbonyl (C=O) groups is 1. The summed E-state index contributed by atoms with van der Waals surface area (Å²) in [6, 6.07) is 18.2. The van der Waals surface area contributed by atoms with Crippen molar-refractivity contribution in [2.75, 3.05) is 13.7 Å². The Morgan fingerprint density at radius 3 is 2.67 bits per heavy atom. The molecule has 1 saturated carbocycles. The molecule has 5 nitrogen and oxygen atoms in total. The molecule has 1 aliphatic carbocycles. The van der Waals surface area contributed by atoms with Gasteiger partial charge in [0.25, 0.3) is 0 Å². The zero-order chi connectivity index (χ0) is 19.3. The van der Waals surface area contributed by atoms with E-state index in [4.69, 9.17) is 10.5 Å². The van der Waals surface area contributed by atoms with E-state index in [1.54, 1.807) is 7.11 Å². The summed E-state index contributed by atoms with van der Waals surface area (Å²) in [7, 11) is 1.68. The van der Waals surface area contributed by atoms with Crippen LogP contribution < -0.4 is 21.1 Å². The van der Waals surface area contributed by atoms with Crippen LogP contribution in [0.15, 0.2) is 54.6 Å². The quantitative estimate of drug-likeness (QED) is 0.671. The molecule has 0 spiro atoms. The second-order valence-electron chi connectivity index (χ2n) is 7.51. The van der Waals surface area contributed by atoms with Gasteiger partial charge in [-0.15, -0.1) is 0 Å². The number of hydrogen-bond donors (Lipinski definition) is 3. The number of hydrogen-bond acceptors (Lipinski definition) is 3. The van der Waals surface area contributed by atoms with Crippen LogP contribution in [0, 0.1) is 0 Å². The molecule has 3 rings (SSSR count). The second kappa shape index (κ2) is 8.44. The molecule has 5 heteroatoms. The van der Waals surface area contributed by atoms with Crippen molar-refractivity contribution in [3.8, 4) is 5.75 Å². The highest BCUT2D eigenvalue weighted by molar-refractivity contribution is 5.75. The summed E-state index contributed by atoms with van der Waals surface area (Å²) >= 11 is 0. The lowest BCUT2D eigenvalue weighted by atomic mass is 9.96. The Labute approximate surface area is 161 Å². The molecular weight excluding hydrogens is 338 g/mol. The van der Waals surface area contributed by atoms with Crippen LogP contribution in [-0.4, -0.2) is 31.8 Å². The van der Waals surface area contributed by atoms with E-state index < -0.39 is 0 Å². The van der Waals surface area contributed by atoms with Gasteiger partial charge in [-0.3, -0.25) is 0 Å². The Morgan fingerprint density at radius 2 is 1.93 bits per heavy atom. The molecule has 3 unspecified atom stereocenters. The van der Waals surface area contributed by atoms with Crippen LogP contribution in [0.1, 0.15) is 30.9 Å². The molecule has 3 atom stereocenters. The summed E-state index contributed by atoms with van der Waals surface area (Å²) < 4.78 is 5.46. The molecular formula is C22H29N3O2. The largest absolute Gasteiger partial charge is 0.496 e. The highest BCUT2D eigenvalue weighted by Gasteiger charge is 2.53. The lowest BCUT2D eigenvalue weighted by Gasteiger charge is -2.17. The van der Waals surface area contributed by atoms with Gasteiger partial charge in [0.2, 0.25) is 0 Å². The zero-order valence-corrected chi connectivity index (χ0v) is 16.1. The minimum Gasteiger partial charge on any atom is -0.496 e. The molecule has 0 saturated heterocycles. The maximum atomic E-state index is 12.2. The third-order valence-electron chi connectivity index (χ3n) is 5.41. The van der Waals surface area contributed by atoms with Crippen molar-refractivity contribution in [1.82, 2.24) is 10.6 Å². The summed E-state index contributed by atoms with van der Waals surface area (Å²) in [5.74, 6) is 0.872. The molecule has 27 heavy (non-hydrogen) atoms. The average molecular weight is 367 g/mol. The van der Waals surface area contributed by atoms with Crippen molar-refractivity contribution in [2.45, 2.75) is 43.7 Å². The first-order valence-corrected chi connectivity index (χ1v) is 9.50. The Bertz CT molecular complexity index is 765. The van der Waals surface area contributed by atoms with Gasteiger partial charge in [0.05, 0.1) is 7.11 Å². The first-order valence-electron chi connectivity index (χ1n) is 9.50. The van der Waals surface area contributed by atoms with Crippen LogP contribution in [0.25, 0.3) is 0 Å². The van der Waals surface area contributed by atoms with Crippen molar-refractivity contribution in [1.29, 1.82) is 0 Å². The number of carbonyl (C=O) groups excluding carboxylic acids is 1. The van der Waals surface area contributed by atoms with Gasteiger partial charge in [0.1, 0.15) is 5.75 Å². The lowest BCUT2D eigenvalue weighted by Crippen LogP contribution is -2.41. The van der Waals surface area contributed by atoms with Gasteiger partial charge in [0.15, 0.2) is 0 Å². The predicted molar refractivity (Wildman–Crippen MR) is 108 cm³/mol. The van der Waals surface area contributed by atoms with E-state index in [1.807, 2.05) is 36.4 Å². The molecule has 2 aromatic carbocycles. The highest BCUT2D eigenvalue weighted by atomic mass is 16.5. The minimum absolute atomic E-state index is 0.0347. The smallest absolute Gasteiger partial charge is 0.315 e. The standard InChI is InChI=1S/C22H29N3O2/c1-22(18-10-6-7-11-19(18)27-2)15-20(22)25-21(26)24-13-12-17(23)14-16-8-4-3-5-9-16/h3-11,17,20H,12-15,23H2,1-2H3,(H2,24,25,26). The fraction of sp³-hybridized carbons (Fsp3) is 0.409. The van der Waals surface area contributed by atoms with Gasteiger partial charge >= 0.3 is 6.03 Å². The Kier molecular flexibility index (Phi) is 6.01. The number of rotatable bonds is 8. The van der Waals surface area contributed by atoms with Gasteiger partial charge in [0, 0.05) is 29.6 Å². The Morgan fingerprint density at radius 1 is 1.22 bits per heavy atom. The van der Waals surface area contributed by atoms with E-state index in [0.717, 1.165) is 30.6 Å². The summed E-state index contributed by atoms with van der Waals surface area (Å²) in [6.07, 6.45) is 2.48. The number of nitrogens with two attached hydrogens (primary N) is 1. The Hall–Kier alpha value is -2.53. The van der Waals surface area contributed by atoms with E-state index in [0.29, 0.717) is 6.54 Å². The molecule has 2 aromatic rings. The summed E-state index contributed by atoms with van der Waals surface area (Å²) in [4.78, 5) is 12.2. The lowest BCUT2D eigenvalue weighted by molar-refractivity contribution is 0.239. The first-order chi connectivity index (χ1) is 13.0. The molecule has 0 bridgehead atoms. The molecule has 2 amide bonds. The molecule has 0 aliphatic heterocycles. The number of benzene rings is 2. The average Bonchev–Trinajstić information content (AvgIpc) is 3.32. The molecule has 4 N–H and O–H groups in total. The van der Waals surface area contributed by atoms with E-state index in [9.17, 15) is 4.79 Å². The van der Waals surface area contributed by atoms with Crippen molar-refractivity contribution in [3.63, 3.8) is 0 Å². The predicted octanol–water partition coefficient (Wildman–Crippen LogP) is 2.98. The number of methoxy groups -OCH3 is 1. The number of urea groups is 1.